The number of fused-ring (bicyclic) bond motifs is 2. The number of hydrogen-bond acceptors (Lipinski definition) is 6. The number of benzene rings is 1. The number of nitrogens with one attached hydrogen (secondary N) is 1. The number of phenolic OH excluding ortho intramolecular Hbond substituents is 1. The third kappa shape index (κ3) is 3.25. The van der Waals surface area contributed by atoms with Gasteiger partial charge in [-0.05, 0) is 49.3 Å². The summed E-state index contributed by atoms with van der Waals surface area (Å²) in [6.07, 6.45) is 8.25. The second-order valence-electron chi connectivity index (χ2n) is 7.60. The van der Waals surface area contributed by atoms with Crippen molar-refractivity contribution >= 4 is 0 Å². The van der Waals surface area contributed by atoms with E-state index >= 15 is 0 Å². The number of aromatic nitrogens is 5. The van der Waals surface area contributed by atoms with Crippen LogP contribution in [0.5, 0.6) is 11.6 Å². The van der Waals surface area contributed by atoms with Gasteiger partial charge in [-0.1, -0.05) is 24.1 Å². The minimum Gasteiger partial charge on any atom is -0.507 e. The molecule has 7 nitrogen and oxygen atoms in total. The Balaban J connectivity index is 1.31. The minimum absolute atomic E-state index is 0.127. The van der Waals surface area contributed by atoms with E-state index in [-0.39, 0.29) is 11.9 Å². The Hall–Kier alpha value is -2.96. The Morgan fingerprint density at radius 1 is 0.926 bits per heavy atom. The fourth-order valence-corrected chi connectivity index (χ4v) is 4.49. The van der Waals surface area contributed by atoms with E-state index in [1.165, 1.54) is 19.3 Å². The molecule has 0 saturated heterocycles. The van der Waals surface area contributed by atoms with Gasteiger partial charge in [-0.15, -0.1) is 15.3 Å². The van der Waals surface area contributed by atoms with Crippen LogP contribution in [0.1, 0.15) is 32.1 Å². The highest BCUT2D eigenvalue weighted by atomic mass is 16.5. The predicted octanol–water partition coefficient (Wildman–Crippen LogP) is 3.59. The molecule has 2 saturated carbocycles. The summed E-state index contributed by atoms with van der Waals surface area (Å²) in [5.74, 6) is 2.33. The summed E-state index contributed by atoms with van der Waals surface area (Å²) in [6.45, 7) is 0. The maximum Gasteiger partial charge on any atom is 0.233 e. The van der Waals surface area contributed by atoms with Crippen LogP contribution in [0.2, 0.25) is 0 Å². The first-order chi connectivity index (χ1) is 13.2. The van der Waals surface area contributed by atoms with Crippen LogP contribution >= 0.6 is 0 Å². The molecule has 2 N–H and O–H groups in total. The Labute approximate surface area is 156 Å². The van der Waals surface area contributed by atoms with Gasteiger partial charge in [-0.25, -0.2) is 0 Å². The molecule has 0 amide bonds. The monoisotopic (exact) mass is 363 g/mol. The van der Waals surface area contributed by atoms with Crippen molar-refractivity contribution in [3.63, 3.8) is 0 Å². The SMILES string of the molecule is Oc1cc(-c2c[nH]nn2)ccc1-c1ccc(O[C@H]2C[C@@H]3CC[C@@H](C3)C2)nn1. The first kappa shape index (κ1) is 16.2. The van der Waals surface area contributed by atoms with E-state index < -0.39 is 0 Å². The number of rotatable bonds is 4. The van der Waals surface area contributed by atoms with Crippen molar-refractivity contribution in [2.75, 3.05) is 0 Å². The van der Waals surface area contributed by atoms with E-state index in [2.05, 4.69) is 25.6 Å². The molecule has 2 aliphatic carbocycles. The van der Waals surface area contributed by atoms with E-state index in [1.807, 2.05) is 24.3 Å². The van der Waals surface area contributed by atoms with Crippen molar-refractivity contribution < 1.29 is 9.84 Å². The van der Waals surface area contributed by atoms with Crippen LogP contribution in [0, 0.1) is 11.8 Å². The zero-order valence-corrected chi connectivity index (χ0v) is 14.9. The van der Waals surface area contributed by atoms with Crippen molar-refractivity contribution in [3.05, 3.63) is 36.5 Å². The molecule has 2 fully saturated rings. The van der Waals surface area contributed by atoms with E-state index in [4.69, 9.17) is 4.74 Å². The molecule has 2 aromatic heterocycles. The predicted molar refractivity (Wildman–Crippen MR) is 99.0 cm³/mol. The van der Waals surface area contributed by atoms with E-state index in [1.54, 1.807) is 12.3 Å². The number of hydrogen-bond donors (Lipinski definition) is 2. The van der Waals surface area contributed by atoms with Gasteiger partial charge in [0.2, 0.25) is 5.88 Å². The molecule has 1 aromatic carbocycles. The number of H-pyrrole nitrogens is 1. The normalized spacial score (nSPS) is 24.1. The number of aromatic amines is 1. The molecule has 0 unspecified atom stereocenters. The summed E-state index contributed by atoms with van der Waals surface area (Å²) >= 11 is 0. The highest BCUT2D eigenvalue weighted by Crippen LogP contribution is 2.43. The van der Waals surface area contributed by atoms with Crippen LogP contribution in [-0.2, 0) is 0 Å². The van der Waals surface area contributed by atoms with Crippen LogP contribution < -0.4 is 4.74 Å². The average molecular weight is 363 g/mol. The molecule has 3 aromatic rings. The van der Waals surface area contributed by atoms with Gasteiger partial charge in [0, 0.05) is 23.4 Å². The van der Waals surface area contributed by atoms with Gasteiger partial charge in [0.1, 0.15) is 17.5 Å². The molecule has 0 spiro atoms. The molecule has 7 heteroatoms. The molecule has 27 heavy (non-hydrogen) atoms. The Bertz CT molecular complexity index is 914. The smallest absolute Gasteiger partial charge is 0.233 e. The second kappa shape index (κ2) is 6.64. The highest BCUT2D eigenvalue weighted by Gasteiger charge is 2.35. The summed E-state index contributed by atoms with van der Waals surface area (Å²) in [4.78, 5) is 0. The number of aromatic hydroxyl groups is 1. The van der Waals surface area contributed by atoms with Gasteiger partial charge in [0.25, 0.3) is 0 Å². The lowest BCUT2D eigenvalue weighted by Crippen LogP contribution is -2.26. The molecule has 0 radical (unpaired) electrons. The number of phenols is 1. The fourth-order valence-electron chi connectivity index (χ4n) is 4.49. The number of ether oxygens (including phenoxy) is 1. The molecular formula is C20H21N5O2. The fraction of sp³-hybridized carbons (Fsp3) is 0.400. The van der Waals surface area contributed by atoms with Crippen molar-refractivity contribution in [1.82, 2.24) is 25.6 Å². The lowest BCUT2D eigenvalue weighted by molar-refractivity contribution is 0.113. The lowest BCUT2D eigenvalue weighted by atomic mass is 9.87. The molecule has 138 valence electrons. The zero-order chi connectivity index (χ0) is 18.2. The van der Waals surface area contributed by atoms with Gasteiger partial charge in [-0.2, -0.15) is 0 Å². The molecule has 2 aliphatic rings. The minimum atomic E-state index is 0.127. The van der Waals surface area contributed by atoms with Gasteiger partial charge in [-0.3, -0.25) is 5.10 Å². The summed E-state index contributed by atoms with van der Waals surface area (Å²) in [6, 6.07) is 9.00. The maximum atomic E-state index is 10.4. The van der Waals surface area contributed by atoms with E-state index in [9.17, 15) is 5.11 Å². The molecule has 2 heterocycles. The standard InChI is InChI=1S/C20H21N5O2/c26-19-10-14(18-11-21-25-23-18)3-4-16(19)17-5-6-20(24-22-17)27-15-8-12-1-2-13(7-12)9-15/h3-6,10-13,15,26H,1-2,7-9H2,(H,21,23,25)/t12-,13+,15+. The second-order valence-corrected chi connectivity index (χ2v) is 7.60. The molecule has 5 rings (SSSR count). The average Bonchev–Trinajstić information content (AvgIpc) is 3.32. The number of nitrogens with zero attached hydrogens (tertiary/aromatic N) is 4. The Morgan fingerprint density at radius 2 is 1.78 bits per heavy atom. The van der Waals surface area contributed by atoms with Crippen LogP contribution in [0.15, 0.2) is 36.5 Å². The van der Waals surface area contributed by atoms with Crippen LogP contribution in [0.25, 0.3) is 22.5 Å². The topological polar surface area (TPSA) is 96.8 Å². The van der Waals surface area contributed by atoms with Crippen molar-refractivity contribution in [1.29, 1.82) is 0 Å². The van der Waals surface area contributed by atoms with Gasteiger partial charge < -0.3 is 9.84 Å². The third-order valence-electron chi connectivity index (χ3n) is 5.76. The van der Waals surface area contributed by atoms with Crippen molar-refractivity contribution in [2.45, 2.75) is 38.2 Å². The maximum absolute atomic E-state index is 10.4. The first-order valence-electron chi connectivity index (χ1n) is 9.45. The summed E-state index contributed by atoms with van der Waals surface area (Å²) in [5, 5.41) is 29.2. The highest BCUT2D eigenvalue weighted by molar-refractivity contribution is 5.72. The van der Waals surface area contributed by atoms with E-state index in [0.717, 1.165) is 30.2 Å². The van der Waals surface area contributed by atoms with Crippen molar-refractivity contribution in [3.8, 4) is 34.1 Å². The molecule has 0 aliphatic heterocycles. The lowest BCUT2D eigenvalue weighted by Gasteiger charge is -2.27. The Morgan fingerprint density at radius 3 is 2.44 bits per heavy atom. The molecule has 3 atom stereocenters. The quantitative estimate of drug-likeness (QED) is 0.735. The third-order valence-corrected chi connectivity index (χ3v) is 5.76. The van der Waals surface area contributed by atoms with Crippen LogP contribution in [-0.4, -0.2) is 36.8 Å². The van der Waals surface area contributed by atoms with Gasteiger partial charge >= 0.3 is 0 Å². The van der Waals surface area contributed by atoms with Crippen LogP contribution in [0.3, 0.4) is 0 Å². The molecule has 2 bridgehead atoms. The van der Waals surface area contributed by atoms with Crippen molar-refractivity contribution in [2.24, 2.45) is 11.8 Å². The Kier molecular flexibility index (Phi) is 3.99. The summed E-state index contributed by atoms with van der Waals surface area (Å²) in [5.41, 5.74) is 2.69. The van der Waals surface area contributed by atoms with Crippen LogP contribution in [0.4, 0.5) is 0 Å². The van der Waals surface area contributed by atoms with Gasteiger partial charge in [0.05, 0.1) is 5.69 Å². The molecular weight excluding hydrogens is 342 g/mol. The van der Waals surface area contributed by atoms with E-state index in [0.29, 0.717) is 22.8 Å². The zero-order valence-electron chi connectivity index (χ0n) is 14.9. The summed E-state index contributed by atoms with van der Waals surface area (Å²) < 4.78 is 6.07. The summed E-state index contributed by atoms with van der Waals surface area (Å²) in [7, 11) is 0. The largest absolute Gasteiger partial charge is 0.507 e. The van der Waals surface area contributed by atoms with Gasteiger partial charge in [0.15, 0.2) is 0 Å². The first-order valence-corrected chi connectivity index (χ1v) is 9.45.